The number of hydrogen-bond donors (Lipinski definition) is 2. The van der Waals surface area contributed by atoms with E-state index in [4.69, 9.17) is 21.1 Å². The molecule has 0 unspecified atom stereocenters. The zero-order valence-corrected chi connectivity index (χ0v) is 15.5. The van der Waals surface area contributed by atoms with E-state index in [1.807, 2.05) is 6.07 Å². The molecule has 5 nitrogen and oxygen atoms in total. The van der Waals surface area contributed by atoms with E-state index in [0.717, 1.165) is 10.2 Å². The number of ether oxygens (including phenoxy) is 2. The Hall–Kier alpha value is -1.92. The molecule has 2 amide bonds. The van der Waals surface area contributed by atoms with Gasteiger partial charge in [-0.3, -0.25) is 0 Å². The number of carbonyl (C=O) groups excluding carboxylic acids is 1. The number of nitrogens with one attached hydrogen (secondary N) is 2. The summed E-state index contributed by atoms with van der Waals surface area (Å²) in [5, 5.41) is 6.06. The van der Waals surface area contributed by atoms with Crippen molar-refractivity contribution in [3.8, 4) is 11.5 Å². The van der Waals surface area contributed by atoms with Gasteiger partial charge in [0.25, 0.3) is 0 Å². The SMILES string of the molecule is COc1ccc(NC(=O)NCCCOc2ccc(Br)cc2Cl)cc1. The van der Waals surface area contributed by atoms with Gasteiger partial charge in [0.05, 0.1) is 18.7 Å². The van der Waals surface area contributed by atoms with E-state index >= 15 is 0 Å². The summed E-state index contributed by atoms with van der Waals surface area (Å²) in [6.45, 7) is 0.959. The summed E-state index contributed by atoms with van der Waals surface area (Å²) < 4.78 is 11.5. The minimum absolute atomic E-state index is 0.262. The zero-order chi connectivity index (χ0) is 17.4. The van der Waals surface area contributed by atoms with E-state index < -0.39 is 0 Å². The average molecular weight is 414 g/mol. The monoisotopic (exact) mass is 412 g/mol. The van der Waals surface area contributed by atoms with Crippen LogP contribution in [0.25, 0.3) is 0 Å². The molecule has 2 aromatic carbocycles. The van der Waals surface area contributed by atoms with E-state index in [2.05, 4.69) is 26.6 Å². The van der Waals surface area contributed by atoms with Crippen LogP contribution < -0.4 is 20.1 Å². The molecule has 0 aliphatic rings. The van der Waals surface area contributed by atoms with Crippen molar-refractivity contribution in [3.05, 3.63) is 52.0 Å². The largest absolute Gasteiger partial charge is 0.497 e. The smallest absolute Gasteiger partial charge is 0.319 e. The molecule has 0 saturated carbocycles. The van der Waals surface area contributed by atoms with Gasteiger partial charge in [0.15, 0.2) is 0 Å². The molecule has 7 heteroatoms. The van der Waals surface area contributed by atoms with Gasteiger partial charge in [-0.1, -0.05) is 27.5 Å². The van der Waals surface area contributed by atoms with Gasteiger partial charge >= 0.3 is 6.03 Å². The van der Waals surface area contributed by atoms with Crippen LogP contribution in [0.4, 0.5) is 10.5 Å². The van der Waals surface area contributed by atoms with E-state index in [1.165, 1.54) is 0 Å². The quantitative estimate of drug-likeness (QED) is 0.647. The molecule has 128 valence electrons. The number of methoxy groups -OCH3 is 1. The van der Waals surface area contributed by atoms with Crippen LogP contribution in [0, 0.1) is 0 Å². The first-order valence-corrected chi connectivity index (χ1v) is 8.52. The van der Waals surface area contributed by atoms with Crippen molar-refractivity contribution < 1.29 is 14.3 Å². The lowest BCUT2D eigenvalue weighted by Crippen LogP contribution is -2.30. The molecular weight excluding hydrogens is 396 g/mol. The molecule has 2 aromatic rings. The third-order valence-corrected chi connectivity index (χ3v) is 3.89. The van der Waals surface area contributed by atoms with E-state index in [9.17, 15) is 4.79 Å². The number of hydrogen-bond acceptors (Lipinski definition) is 3. The van der Waals surface area contributed by atoms with Crippen LogP contribution in [0.15, 0.2) is 46.9 Å². The highest BCUT2D eigenvalue weighted by Gasteiger charge is 2.03. The van der Waals surface area contributed by atoms with E-state index in [-0.39, 0.29) is 6.03 Å². The summed E-state index contributed by atoms with van der Waals surface area (Å²) in [6.07, 6.45) is 0.669. The highest BCUT2D eigenvalue weighted by atomic mass is 79.9. The van der Waals surface area contributed by atoms with Gasteiger partial charge < -0.3 is 20.1 Å². The molecule has 0 aliphatic carbocycles. The molecule has 0 fully saturated rings. The predicted molar refractivity (Wildman–Crippen MR) is 99.3 cm³/mol. The van der Waals surface area contributed by atoms with Crippen LogP contribution >= 0.6 is 27.5 Å². The first-order valence-electron chi connectivity index (χ1n) is 7.35. The lowest BCUT2D eigenvalue weighted by Gasteiger charge is -2.10. The Balaban J connectivity index is 1.65. The minimum Gasteiger partial charge on any atom is -0.497 e. The van der Waals surface area contributed by atoms with Crippen LogP contribution in [0.5, 0.6) is 11.5 Å². The highest BCUT2D eigenvalue weighted by Crippen LogP contribution is 2.27. The summed E-state index contributed by atoms with van der Waals surface area (Å²) in [7, 11) is 1.60. The summed E-state index contributed by atoms with van der Waals surface area (Å²) >= 11 is 9.40. The molecule has 0 bridgehead atoms. The van der Waals surface area contributed by atoms with Crippen molar-refractivity contribution >= 4 is 39.2 Å². The van der Waals surface area contributed by atoms with Crippen molar-refractivity contribution in [2.75, 3.05) is 25.6 Å². The molecular formula is C17H18BrClN2O3. The van der Waals surface area contributed by atoms with Crippen molar-refractivity contribution in [3.63, 3.8) is 0 Å². The maximum atomic E-state index is 11.8. The molecule has 24 heavy (non-hydrogen) atoms. The molecule has 0 atom stereocenters. The van der Waals surface area contributed by atoms with Gasteiger partial charge in [0, 0.05) is 16.7 Å². The van der Waals surface area contributed by atoms with Crippen molar-refractivity contribution in [2.24, 2.45) is 0 Å². The van der Waals surface area contributed by atoms with Gasteiger partial charge in [0.2, 0.25) is 0 Å². The Bertz CT molecular complexity index is 680. The third-order valence-electron chi connectivity index (χ3n) is 3.11. The summed E-state index contributed by atoms with van der Waals surface area (Å²) in [5.74, 6) is 1.37. The second-order valence-electron chi connectivity index (χ2n) is 4.89. The third kappa shape index (κ3) is 5.94. The molecule has 0 radical (unpaired) electrons. The fraction of sp³-hybridized carbons (Fsp3) is 0.235. The number of carbonyl (C=O) groups is 1. The molecule has 2 rings (SSSR count). The second kappa shape index (κ2) is 9.39. The van der Waals surface area contributed by atoms with Gasteiger partial charge in [-0.05, 0) is 48.9 Å². The summed E-state index contributed by atoms with van der Waals surface area (Å²) in [5.41, 5.74) is 0.700. The number of halogens is 2. The zero-order valence-electron chi connectivity index (χ0n) is 13.1. The summed E-state index contributed by atoms with van der Waals surface area (Å²) in [6, 6.07) is 12.3. The number of anilines is 1. The van der Waals surface area contributed by atoms with Gasteiger partial charge in [-0.15, -0.1) is 0 Å². The Labute approximate surface area is 154 Å². The summed E-state index contributed by atoms with van der Waals surface area (Å²) in [4.78, 5) is 11.8. The molecule has 0 saturated heterocycles. The fourth-order valence-electron chi connectivity index (χ4n) is 1.90. The maximum absolute atomic E-state index is 11.8. The lowest BCUT2D eigenvalue weighted by molar-refractivity contribution is 0.250. The molecule has 0 aromatic heterocycles. The lowest BCUT2D eigenvalue weighted by atomic mass is 10.3. The van der Waals surface area contributed by atoms with Crippen LogP contribution in [-0.2, 0) is 0 Å². The Kier molecular flexibility index (Phi) is 7.21. The first kappa shape index (κ1) is 18.4. The Morgan fingerprint density at radius 3 is 2.62 bits per heavy atom. The van der Waals surface area contributed by atoms with E-state index in [1.54, 1.807) is 43.5 Å². The molecule has 0 aliphatic heterocycles. The minimum atomic E-state index is -0.262. The maximum Gasteiger partial charge on any atom is 0.319 e. The number of urea groups is 1. The van der Waals surface area contributed by atoms with Crippen LogP contribution in [0.2, 0.25) is 5.02 Å². The van der Waals surface area contributed by atoms with Crippen molar-refractivity contribution in [2.45, 2.75) is 6.42 Å². The number of amides is 2. The number of benzene rings is 2. The fourth-order valence-corrected chi connectivity index (χ4v) is 2.63. The highest BCUT2D eigenvalue weighted by molar-refractivity contribution is 9.10. The Morgan fingerprint density at radius 2 is 1.96 bits per heavy atom. The van der Waals surface area contributed by atoms with Crippen LogP contribution in [0.3, 0.4) is 0 Å². The predicted octanol–water partition coefficient (Wildman–Crippen LogP) is 4.70. The molecule has 0 spiro atoms. The van der Waals surface area contributed by atoms with Crippen molar-refractivity contribution in [1.82, 2.24) is 5.32 Å². The molecule has 0 heterocycles. The van der Waals surface area contributed by atoms with E-state index in [0.29, 0.717) is 36.0 Å². The Morgan fingerprint density at radius 1 is 1.21 bits per heavy atom. The second-order valence-corrected chi connectivity index (χ2v) is 6.21. The van der Waals surface area contributed by atoms with Gasteiger partial charge in [-0.25, -0.2) is 4.79 Å². The van der Waals surface area contributed by atoms with Gasteiger partial charge in [-0.2, -0.15) is 0 Å². The van der Waals surface area contributed by atoms with Crippen molar-refractivity contribution in [1.29, 1.82) is 0 Å². The molecule has 2 N–H and O–H groups in total. The first-order chi connectivity index (χ1) is 11.6. The van der Waals surface area contributed by atoms with Crippen LogP contribution in [-0.4, -0.2) is 26.3 Å². The van der Waals surface area contributed by atoms with Gasteiger partial charge in [0.1, 0.15) is 11.5 Å². The van der Waals surface area contributed by atoms with Crippen LogP contribution in [0.1, 0.15) is 6.42 Å². The normalized spacial score (nSPS) is 10.1. The number of rotatable bonds is 7. The standard InChI is InChI=1S/C17H18BrClN2O3/c1-23-14-6-4-13(5-7-14)21-17(22)20-9-2-10-24-16-8-3-12(18)11-15(16)19/h3-8,11H,2,9-10H2,1H3,(H2,20,21,22). The topological polar surface area (TPSA) is 59.6 Å². The average Bonchev–Trinajstić information content (AvgIpc) is 2.57.